The molecule has 1 aliphatic heterocycles. The summed E-state index contributed by atoms with van der Waals surface area (Å²) in [6, 6.07) is 0. The fraction of sp³-hybridized carbons (Fsp3) is 0.900. The minimum atomic E-state index is 0.888. The molecule has 4 heteroatoms. The van der Waals surface area contributed by atoms with E-state index >= 15 is 0 Å². The fourth-order valence-electron chi connectivity index (χ4n) is 1.45. The largest absolute Gasteiger partial charge is 0.379 e. The average molecular weight is 216 g/mol. The van der Waals surface area contributed by atoms with Crippen LogP contribution in [-0.2, 0) is 4.74 Å². The van der Waals surface area contributed by atoms with Crippen molar-refractivity contribution >= 4 is 17.1 Å². The Labute approximate surface area is 91.8 Å². The van der Waals surface area contributed by atoms with E-state index in [1.807, 2.05) is 6.92 Å². The molecule has 14 heavy (non-hydrogen) atoms. The van der Waals surface area contributed by atoms with Gasteiger partial charge in [0.1, 0.15) is 0 Å². The molecule has 0 saturated carbocycles. The SMILES string of the molecule is CC(=S)CCNCCN1CCOCC1. The lowest BCUT2D eigenvalue weighted by molar-refractivity contribution is 0.0385. The molecule has 0 aromatic rings. The van der Waals surface area contributed by atoms with Gasteiger partial charge in [0.2, 0.25) is 0 Å². The zero-order chi connectivity index (χ0) is 10.2. The summed E-state index contributed by atoms with van der Waals surface area (Å²) in [6.07, 6.45) is 1.01. The van der Waals surface area contributed by atoms with Gasteiger partial charge in [-0.3, -0.25) is 4.90 Å². The summed E-state index contributed by atoms with van der Waals surface area (Å²) in [5.74, 6) is 0. The zero-order valence-corrected chi connectivity index (χ0v) is 9.74. The van der Waals surface area contributed by atoms with Crippen LogP contribution in [-0.4, -0.2) is 55.7 Å². The molecule has 1 saturated heterocycles. The van der Waals surface area contributed by atoms with E-state index in [-0.39, 0.29) is 0 Å². The quantitative estimate of drug-likeness (QED) is 0.521. The maximum atomic E-state index is 5.28. The monoisotopic (exact) mass is 216 g/mol. The molecule has 1 N–H and O–H groups in total. The van der Waals surface area contributed by atoms with Gasteiger partial charge < -0.3 is 10.1 Å². The highest BCUT2D eigenvalue weighted by Crippen LogP contribution is 1.94. The lowest BCUT2D eigenvalue weighted by atomic mass is 10.3. The van der Waals surface area contributed by atoms with Gasteiger partial charge in [-0.1, -0.05) is 12.2 Å². The molecular weight excluding hydrogens is 196 g/mol. The third kappa shape index (κ3) is 5.65. The number of hydrogen-bond donors (Lipinski definition) is 1. The maximum absolute atomic E-state index is 5.28. The molecule has 0 unspecified atom stereocenters. The van der Waals surface area contributed by atoms with Gasteiger partial charge in [-0.05, 0) is 24.8 Å². The van der Waals surface area contributed by atoms with Crippen LogP contribution in [0.5, 0.6) is 0 Å². The van der Waals surface area contributed by atoms with Gasteiger partial charge >= 0.3 is 0 Å². The molecule has 0 aromatic heterocycles. The Morgan fingerprint density at radius 3 is 2.71 bits per heavy atom. The van der Waals surface area contributed by atoms with Crippen molar-refractivity contribution in [3.8, 4) is 0 Å². The van der Waals surface area contributed by atoms with E-state index in [0.29, 0.717) is 0 Å². The van der Waals surface area contributed by atoms with Gasteiger partial charge in [-0.25, -0.2) is 0 Å². The molecule has 0 amide bonds. The van der Waals surface area contributed by atoms with Crippen LogP contribution < -0.4 is 5.32 Å². The molecular formula is C10H20N2OS. The third-order valence-corrected chi connectivity index (χ3v) is 2.57. The summed E-state index contributed by atoms with van der Waals surface area (Å²) in [6.45, 7) is 9.13. The summed E-state index contributed by atoms with van der Waals surface area (Å²) in [7, 11) is 0. The van der Waals surface area contributed by atoms with Crippen LogP contribution in [0, 0.1) is 0 Å². The van der Waals surface area contributed by atoms with Crippen LogP contribution in [0.3, 0.4) is 0 Å². The van der Waals surface area contributed by atoms with Gasteiger partial charge in [-0.15, -0.1) is 0 Å². The first-order chi connectivity index (χ1) is 6.79. The number of nitrogens with zero attached hydrogens (tertiary/aromatic N) is 1. The van der Waals surface area contributed by atoms with E-state index in [9.17, 15) is 0 Å². The van der Waals surface area contributed by atoms with Crippen molar-refractivity contribution in [3.63, 3.8) is 0 Å². The second-order valence-electron chi connectivity index (χ2n) is 3.66. The van der Waals surface area contributed by atoms with Crippen molar-refractivity contribution in [2.75, 3.05) is 45.9 Å². The summed E-state index contributed by atoms with van der Waals surface area (Å²) < 4.78 is 5.28. The molecule has 0 aromatic carbocycles. The molecule has 0 radical (unpaired) electrons. The molecule has 0 atom stereocenters. The molecule has 0 bridgehead atoms. The Bertz CT molecular complexity index is 170. The summed E-state index contributed by atoms with van der Waals surface area (Å²) in [5, 5.41) is 3.39. The Morgan fingerprint density at radius 2 is 2.07 bits per heavy atom. The normalized spacial score (nSPS) is 18.4. The second-order valence-corrected chi connectivity index (χ2v) is 4.35. The minimum Gasteiger partial charge on any atom is -0.379 e. The van der Waals surface area contributed by atoms with Gasteiger partial charge in [-0.2, -0.15) is 0 Å². The number of hydrogen-bond acceptors (Lipinski definition) is 4. The molecule has 1 heterocycles. The molecule has 1 aliphatic rings. The second kappa shape index (κ2) is 7.29. The number of ether oxygens (including phenoxy) is 1. The molecule has 0 spiro atoms. The molecule has 0 aliphatic carbocycles. The van der Waals surface area contributed by atoms with Crippen molar-refractivity contribution in [2.24, 2.45) is 0 Å². The van der Waals surface area contributed by atoms with Crippen molar-refractivity contribution in [3.05, 3.63) is 0 Å². The lowest BCUT2D eigenvalue weighted by Gasteiger charge is -2.26. The standard InChI is InChI=1S/C10H20N2OS/c1-10(14)2-3-11-4-5-12-6-8-13-9-7-12/h11H,2-9H2,1H3. The highest BCUT2D eigenvalue weighted by atomic mass is 32.1. The summed E-state index contributed by atoms with van der Waals surface area (Å²) in [5.41, 5.74) is 0. The van der Waals surface area contributed by atoms with E-state index in [0.717, 1.165) is 57.2 Å². The lowest BCUT2D eigenvalue weighted by Crippen LogP contribution is -2.40. The van der Waals surface area contributed by atoms with Crippen molar-refractivity contribution in [2.45, 2.75) is 13.3 Å². The van der Waals surface area contributed by atoms with Crippen molar-refractivity contribution < 1.29 is 4.74 Å². The number of thiocarbonyl (C=S) groups is 1. The third-order valence-electron chi connectivity index (χ3n) is 2.36. The van der Waals surface area contributed by atoms with Gasteiger partial charge in [0.05, 0.1) is 13.2 Å². The van der Waals surface area contributed by atoms with Crippen LogP contribution in [0.25, 0.3) is 0 Å². The molecule has 1 fully saturated rings. The van der Waals surface area contributed by atoms with E-state index in [2.05, 4.69) is 10.2 Å². The Morgan fingerprint density at radius 1 is 1.36 bits per heavy atom. The van der Waals surface area contributed by atoms with Crippen LogP contribution >= 0.6 is 12.2 Å². The molecule has 1 rings (SSSR count). The maximum Gasteiger partial charge on any atom is 0.0594 e. The average Bonchev–Trinajstić information content (AvgIpc) is 2.18. The van der Waals surface area contributed by atoms with E-state index in [1.54, 1.807) is 0 Å². The molecule has 3 nitrogen and oxygen atoms in total. The van der Waals surface area contributed by atoms with Crippen molar-refractivity contribution in [1.29, 1.82) is 0 Å². The highest BCUT2D eigenvalue weighted by molar-refractivity contribution is 7.80. The van der Waals surface area contributed by atoms with Crippen LogP contribution in [0.4, 0.5) is 0 Å². The minimum absolute atomic E-state index is 0.888. The van der Waals surface area contributed by atoms with Crippen LogP contribution in [0.15, 0.2) is 0 Å². The number of nitrogens with one attached hydrogen (secondary N) is 1. The van der Waals surface area contributed by atoms with E-state index < -0.39 is 0 Å². The van der Waals surface area contributed by atoms with Crippen LogP contribution in [0.2, 0.25) is 0 Å². The van der Waals surface area contributed by atoms with E-state index in [4.69, 9.17) is 17.0 Å². The van der Waals surface area contributed by atoms with Crippen LogP contribution in [0.1, 0.15) is 13.3 Å². The first-order valence-corrected chi connectivity index (χ1v) is 5.70. The fourth-order valence-corrected chi connectivity index (χ4v) is 1.55. The Hall–Kier alpha value is -0.0300. The highest BCUT2D eigenvalue weighted by Gasteiger charge is 2.08. The first-order valence-electron chi connectivity index (χ1n) is 5.29. The van der Waals surface area contributed by atoms with Gasteiger partial charge in [0.15, 0.2) is 0 Å². The Balaban J connectivity index is 1.90. The van der Waals surface area contributed by atoms with Gasteiger partial charge in [0, 0.05) is 26.2 Å². The summed E-state index contributed by atoms with van der Waals surface area (Å²) in [4.78, 5) is 3.52. The predicted molar refractivity (Wildman–Crippen MR) is 63.0 cm³/mol. The topological polar surface area (TPSA) is 24.5 Å². The van der Waals surface area contributed by atoms with Gasteiger partial charge in [0.25, 0.3) is 0 Å². The smallest absolute Gasteiger partial charge is 0.0594 e. The van der Waals surface area contributed by atoms with Crippen molar-refractivity contribution in [1.82, 2.24) is 10.2 Å². The first kappa shape index (κ1) is 12.0. The predicted octanol–water partition coefficient (Wildman–Crippen LogP) is 0.688. The molecule has 82 valence electrons. The Kier molecular flexibility index (Phi) is 6.27. The van der Waals surface area contributed by atoms with E-state index in [1.165, 1.54) is 0 Å². The summed E-state index contributed by atoms with van der Waals surface area (Å²) >= 11 is 5.00. The number of morpholine rings is 1. The zero-order valence-electron chi connectivity index (χ0n) is 8.92. The number of rotatable bonds is 6.